The lowest BCUT2D eigenvalue weighted by atomic mass is 9.95. The lowest BCUT2D eigenvalue weighted by molar-refractivity contribution is 0.0891. The Morgan fingerprint density at radius 2 is 2.20 bits per heavy atom. The first-order valence-electron chi connectivity index (χ1n) is 7.23. The molecule has 0 spiro atoms. The maximum absolute atomic E-state index is 6.25. The van der Waals surface area contributed by atoms with Gasteiger partial charge in [0.2, 0.25) is 6.79 Å². The van der Waals surface area contributed by atoms with Gasteiger partial charge in [-0.05, 0) is 37.5 Å². The first kappa shape index (κ1) is 14.0. The summed E-state index contributed by atoms with van der Waals surface area (Å²) in [5.74, 6) is 1.42. The van der Waals surface area contributed by atoms with Crippen molar-refractivity contribution < 1.29 is 9.47 Å². The molecule has 1 aromatic carbocycles. The van der Waals surface area contributed by atoms with Crippen LogP contribution in [0, 0.1) is 0 Å². The number of halogens is 1. The van der Waals surface area contributed by atoms with Gasteiger partial charge in [-0.15, -0.1) is 0 Å². The Morgan fingerprint density at radius 1 is 1.35 bits per heavy atom. The Labute approximate surface area is 124 Å². The van der Waals surface area contributed by atoms with Gasteiger partial charge in [-0.2, -0.15) is 0 Å². The predicted octanol–water partition coefficient (Wildman–Crippen LogP) is 2.77. The number of fused-ring (bicyclic) bond motifs is 1. The van der Waals surface area contributed by atoms with E-state index in [-0.39, 0.29) is 6.79 Å². The fourth-order valence-corrected chi connectivity index (χ4v) is 3.49. The van der Waals surface area contributed by atoms with E-state index in [9.17, 15) is 0 Å². The summed E-state index contributed by atoms with van der Waals surface area (Å²) in [6.07, 6.45) is 3.68. The number of benzene rings is 1. The maximum atomic E-state index is 6.25. The third-order valence-electron chi connectivity index (χ3n) is 4.32. The van der Waals surface area contributed by atoms with Crippen molar-refractivity contribution in [2.45, 2.75) is 44.8 Å². The number of rotatable bonds is 3. The molecule has 2 heterocycles. The van der Waals surface area contributed by atoms with Crippen LogP contribution in [0.2, 0.25) is 5.02 Å². The molecule has 2 aliphatic rings. The molecule has 2 atom stereocenters. The molecule has 20 heavy (non-hydrogen) atoms. The van der Waals surface area contributed by atoms with Crippen LogP contribution in [0.4, 0.5) is 0 Å². The van der Waals surface area contributed by atoms with Crippen LogP contribution in [0.3, 0.4) is 0 Å². The Kier molecular flexibility index (Phi) is 4.06. The second-order valence-electron chi connectivity index (χ2n) is 5.65. The highest BCUT2D eigenvalue weighted by Gasteiger charge is 2.27. The number of piperidine rings is 1. The van der Waals surface area contributed by atoms with E-state index < -0.39 is 0 Å². The second-order valence-corrected chi connectivity index (χ2v) is 6.06. The minimum atomic E-state index is 0.254. The summed E-state index contributed by atoms with van der Waals surface area (Å²) in [5, 5.41) is 0.629. The van der Waals surface area contributed by atoms with E-state index in [1.807, 2.05) is 12.1 Å². The normalized spacial score (nSPS) is 25.9. The van der Waals surface area contributed by atoms with Crippen molar-refractivity contribution in [3.8, 4) is 11.5 Å². The van der Waals surface area contributed by atoms with Gasteiger partial charge in [0.25, 0.3) is 0 Å². The van der Waals surface area contributed by atoms with Crippen LogP contribution in [-0.4, -0.2) is 30.3 Å². The van der Waals surface area contributed by atoms with E-state index in [1.165, 1.54) is 19.3 Å². The van der Waals surface area contributed by atoms with Crippen LogP contribution in [0.15, 0.2) is 12.1 Å². The summed E-state index contributed by atoms with van der Waals surface area (Å²) in [5.41, 5.74) is 7.08. The van der Waals surface area contributed by atoms with Crippen LogP contribution >= 0.6 is 11.6 Å². The summed E-state index contributed by atoms with van der Waals surface area (Å²) < 4.78 is 10.8. The van der Waals surface area contributed by atoms with E-state index in [0.717, 1.165) is 17.9 Å². The lowest BCUT2D eigenvalue weighted by Crippen LogP contribution is -2.48. The largest absolute Gasteiger partial charge is 0.454 e. The smallest absolute Gasteiger partial charge is 0.231 e. The van der Waals surface area contributed by atoms with Crippen molar-refractivity contribution in [1.29, 1.82) is 0 Å². The minimum absolute atomic E-state index is 0.254. The molecule has 0 aliphatic carbocycles. The number of nitrogens with zero attached hydrogens (tertiary/aromatic N) is 1. The molecule has 110 valence electrons. The molecular weight excluding hydrogens is 276 g/mol. The monoisotopic (exact) mass is 296 g/mol. The molecule has 5 heteroatoms. The number of hydrogen-bond donors (Lipinski definition) is 1. The molecule has 0 radical (unpaired) electrons. The fourth-order valence-electron chi connectivity index (χ4n) is 3.20. The highest BCUT2D eigenvalue weighted by atomic mass is 35.5. The van der Waals surface area contributed by atoms with Gasteiger partial charge >= 0.3 is 0 Å². The fraction of sp³-hybridized carbons (Fsp3) is 0.600. The molecule has 0 saturated carbocycles. The summed E-state index contributed by atoms with van der Waals surface area (Å²) in [7, 11) is 0. The van der Waals surface area contributed by atoms with Gasteiger partial charge in [0.05, 0.1) is 5.02 Å². The molecule has 1 saturated heterocycles. The molecule has 0 bridgehead atoms. The second kappa shape index (κ2) is 5.80. The summed E-state index contributed by atoms with van der Waals surface area (Å²) >= 11 is 6.25. The van der Waals surface area contributed by atoms with Gasteiger partial charge in [0.15, 0.2) is 11.5 Å². The lowest BCUT2D eigenvalue weighted by Gasteiger charge is -2.40. The number of likely N-dealkylation sites (tertiary alicyclic amines) is 1. The maximum Gasteiger partial charge on any atom is 0.231 e. The van der Waals surface area contributed by atoms with Gasteiger partial charge in [-0.3, -0.25) is 4.90 Å². The zero-order valence-electron chi connectivity index (χ0n) is 11.8. The number of ether oxygens (including phenoxy) is 2. The standard InChI is InChI=1S/C15H21ClN2O2/c1-10-3-2-4-12(7-17)18(10)8-11-5-13(16)15-14(6-11)19-9-20-15/h5-6,10,12H,2-4,7-9,17H2,1H3. The molecule has 3 rings (SSSR count). The quantitative estimate of drug-likeness (QED) is 0.932. The van der Waals surface area contributed by atoms with Gasteiger partial charge in [-0.1, -0.05) is 18.0 Å². The molecule has 2 aliphatic heterocycles. The molecule has 1 fully saturated rings. The van der Waals surface area contributed by atoms with Gasteiger partial charge in [0, 0.05) is 25.2 Å². The summed E-state index contributed by atoms with van der Waals surface area (Å²) in [6.45, 7) is 4.10. The van der Waals surface area contributed by atoms with Crippen molar-refractivity contribution >= 4 is 11.6 Å². The zero-order valence-corrected chi connectivity index (χ0v) is 12.5. The molecule has 0 aromatic heterocycles. The van der Waals surface area contributed by atoms with Crippen LogP contribution in [-0.2, 0) is 6.54 Å². The third-order valence-corrected chi connectivity index (χ3v) is 4.60. The first-order chi connectivity index (χ1) is 9.69. The molecule has 2 N–H and O–H groups in total. The third kappa shape index (κ3) is 2.60. The van der Waals surface area contributed by atoms with E-state index >= 15 is 0 Å². The molecule has 1 aromatic rings. The molecule has 2 unspecified atom stereocenters. The average Bonchev–Trinajstić information content (AvgIpc) is 2.90. The molecule has 4 nitrogen and oxygen atoms in total. The van der Waals surface area contributed by atoms with Crippen molar-refractivity contribution in [2.75, 3.05) is 13.3 Å². The Hall–Kier alpha value is -0.970. The number of hydrogen-bond acceptors (Lipinski definition) is 4. The van der Waals surface area contributed by atoms with Gasteiger partial charge in [0.1, 0.15) is 0 Å². The number of nitrogens with two attached hydrogens (primary N) is 1. The average molecular weight is 297 g/mol. The minimum Gasteiger partial charge on any atom is -0.454 e. The Balaban J connectivity index is 1.81. The summed E-state index contributed by atoms with van der Waals surface area (Å²) in [6, 6.07) is 5.03. The van der Waals surface area contributed by atoms with Gasteiger partial charge < -0.3 is 15.2 Å². The molecule has 0 amide bonds. The first-order valence-corrected chi connectivity index (χ1v) is 7.60. The predicted molar refractivity (Wildman–Crippen MR) is 79.3 cm³/mol. The molecular formula is C15H21ClN2O2. The van der Waals surface area contributed by atoms with Crippen LogP contribution < -0.4 is 15.2 Å². The van der Waals surface area contributed by atoms with Crippen LogP contribution in [0.5, 0.6) is 11.5 Å². The van der Waals surface area contributed by atoms with Crippen molar-refractivity contribution in [3.63, 3.8) is 0 Å². The highest BCUT2D eigenvalue weighted by Crippen LogP contribution is 2.40. The SMILES string of the molecule is CC1CCCC(CN)N1Cc1cc(Cl)c2c(c1)OCO2. The van der Waals surface area contributed by atoms with Crippen LogP contribution in [0.1, 0.15) is 31.7 Å². The summed E-state index contributed by atoms with van der Waals surface area (Å²) in [4.78, 5) is 2.48. The zero-order chi connectivity index (χ0) is 14.1. The van der Waals surface area contributed by atoms with E-state index in [4.69, 9.17) is 26.8 Å². The van der Waals surface area contributed by atoms with Crippen molar-refractivity contribution in [3.05, 3.63) is 22.7 Å². The Bertz CT molecular complexity index is 495. The topological polar surface area (TPSA) is 47.7 Å². The highest BCUT2D eigenvalue weighted by molar-refractivity contribution is 6.32. The van der Waals surface area contributed by atoms with E-state index in [0.29, 0.717) is 29.4 Å². The van der Waals surface area contributed by atoms with Crippen LogP contribution in [0.25, 0.3) is 0 Å². The van der Waals surface area contributed by atoms with Gasteiger partial charge in [-0.25, -0.2) is 0 Å². The Morgan fingerprint density at radius 3 is 3.00 bits per heavy atom. The van der Waals surface area contributed by atoms with Crippen molar-refractivity contribution in [1.82, 2.24) is 4.90 Å². The van der Waals surface area contributed by atoms with E-state index in [1.54, 1.807) is 0 Å². The van der Waals surface area contributed by atoms with Crippen molar-refractivity contribution in [2.24, 2.45) is 5.73 Å². The van der Waals surface area contributed by atoms with E-state index in [2.05, 4.69) is 11.8 Å².